The molecule has 2 aromatic heterocycles. The van der Waals surface area contributed by atoms with Crippen LogP contribution in [0.15, 0.2) is 46.9 Å². The highest BCUT2D eigenvalue weighted by Gasteiger charge is 2.28. The summed E-state index contributed by atoms with van der Waals surface area (Å²) in [5, 5.41) is 7.99. The molecule has 4 aromatic rings. The lowest BCUT2D eigenvalue weighted by Crippen LogP contribution is -2.09. The van der Waals surface area contributed by atoms with Crippen LogP contribution < -0.4 is 4.74 Å². The maximum Gasteiger partial charge on any atom is 0.387 e. The number of thiazole rings is 1. The van der Waals surface area contributed by atoms with Crippen LogP contribution in [0.5, 0.6) is 5.75 Å². The summed E-state index contributed by atoms with van der Waals surface area (Å²) < 4.78 is 35.3. The van der Waals surface area contributed by atoms with Gasteiger partial charge in [-0.2, -0.15) is 8.78 Å². The third-order valence-corrected chi connectivity index (χ3v) is 6.53. The van der Waals surface area contributed by atoms with E-state index < -0.39 is 12.4 Å². The fourth-order valence-electron chi connectivity index (χ4n) is 3.86. The number of rotatable bonds is 7. The zero-order valence-electron chi connectivity index (χ0n) is 17.2. The molecule has 168 valence electrons. The van der Waals surface area contributed by atoms with Gasteiger partial charge in [-0.1, -0.05) is 18.2 Å². The molecule has 0 saturated heterocycles. The smallest absolute Gasteiger partial charge is 0.387 e. The van der Waals surface area contributed by atoms with Crippen molar-refractivity contribution < 1.29 is 27.5 Å². The van der Waals surface area contributed by atoms with E-state index in [-0.39, 0.29) is 34.2 Å². The van der Waals surface area contributed by atoms with Crippen LogP contribution in [0.1, 0.15) is 40.8 Å². The lowest BCUT2D eigenvalue weighted by molar-refractivity contribution is -0.120. The Morgan fingerprint density at radius 1 is 1.15 bits per heavy atom. The van der Waals surface area contributed by atoms with Gasteiger partial charge in [0, 0.05) is 18.8 Å². The molecule has 0 radical (unpaired) electrons. The molecule has 2 heterocycles. The van der Waals surface area contributed by atoms with Crippen molar-refractivity contribution >= 4 is 33.1 Å². The number of fused-ring (bicyclic) bond motifs is 1. The van der Waals surface area contributed by atoms with Crippen LogP contribution in [0, 0.1) is 5.92 Å². The topological polar surface area (TPSA) is 95.2 Å². The predicted molar refractivity (Wildman–Crippen MR) is 115 cm³/mol. The van der Waals surface area contributed by atoms with Crippen LogP contribution in [-0.2, 0) is 11.2 Å². The van der Waals surface area contributed by atoms with Crippen LogP contribution in [-0.4, -0.2) is 33.4 Å². The predicted octanol–water partition coefficient (Wildman–Crippen LogP) is 5.09. The number of aromatic nitrogens is 3. The molecular formula is C23H17F2N3O4S. The molecule has 1 aliphatic carbocycles. The average molecular weight is 469 g/mol. The summed E-state index contributed by atoms with van der Waals surface area (Å²) in [6.07, 6.45) is 2.59. The Balaban J connectivity index is 1.34. The third-order valence-electron chi connectivity index (χ3n) is 5.51. The van der Waals surface area contributed by atoms with Crippen LogP contribution in [0.25, 0.3) is 21.3 Å². The van der Waals surface area contributed by atoms with Gasteiger partial charge in [0.05, 0.1) is 10.2 Å². The molecule has 0 unspecified atom stereocenters. The Kier molecular flexibility index (Phi) is 5.67. The summed E-state index contributed by atoms with van der Waals surface area (Å²) in [7, 11) is 0. The number of nitrogens with zero attached hydrogens (tertiary/aromatic N) is 3. The summed E-state index contributed by atoms with van der Waals surface area (Å²) in [5.41, 5.74) is 2.29. The van der Waals surface area contributed by atoms with Gasteiger partial charge in [-0.3, -0.25) is 9.59 Å². The third kappa shape index (κ3) is 4.51. The van der Waals surface area contributed by atoms with E-state index in [1.165, 1.54) is 23.5 Å². The van der Waals surface area contributed by atoms with Gasteiger partial charge in [0.15, 0.2) is 5.01 Å². The van der Waals surface area contributed by atoms with E-state index in [0.29, 0.717) is 18.4 Å². The van der Waals surface area contributed by atoms with Gasteiger partial charge in [-0.25, -0.2) is 4.98 Å². The van der Waals surface area contributed by atoms with Crippen LogP contribution in [0.3, 0.4) is 0 Å². The van der Waals surface area contributed by atoms with Gasteiger partial charge in [0.1, 0.15) is 11.5 Å². The number of ether oxygens (including phenoxy) is 1. The molecule has 0 aliphatic heterocycles. The molecule has 33 heavy (non-hydrogen) atoms. The minimum Gasteiger partial charge on any atom is -0.435 e. The van der Waals surface area contributed by atoms with Crippen molar-refractivity contribution in [1.82, 2.24) is 15.2 Å². The number of carbonyl (C=O) groups is 2. The Labute approximate surface area is 190 Å². The van der Waals surface area contributed by atoms with E-state index in [2.05, 4.69) is 19.9 Å². The zero-order valence-corrected chi connectivity index (χ0v) is 18.0. The highest BCUT2D eigenvalue weighted by molar-refractivity contribution is 7.20. The fraction of sp³-hybridized carbons (Fsp3) is 0.261. The minimum absolute atomic E-state index is 0.0803. The first-order chi connectivity index (χ1) is 16.0. The fourth-order valence-corrected chi connectivity index (χ4v) is 4.80. The largest absolute Gasteiger partial charge is 0.435 e. The van der Waals surface area contributed by atoms with Crippen LogP contribution in [0.2, 0.25) is 0 Å². The zero-order chi connectivity index (χ0) is 22.9. The van der Waals surface area contributed by atoms with Gasteiger partial charge in [0.2, 0.25) is 5.89 Å². The van der Waals surface area contributed by atoms with Crippen LogP contribution in [0.4, 0.5) is 8.78 Å². The van der Waals surface area contributed by atoms with Crippen molar-refractivity contribution in [2.24, 2.45) is 5.92 Å². The molecule has 0 N–H and O–H groups in total. The lowest BCUT2D eigenvalue weighted by Gasteiger charge is -2.06. The first-order valence-electron chi connectivity index (χ1n) is 10.3. The first kappa shape index (κ1) is 21.3. The summed E-state index contributed by atoms with van der Waals surface area (Å²) in [6, 6.07) is 11.8. The number of halogens is 2. The van der Waals surface area contributed by atoms with E-state index in [1.54, 1.807) is 18.2 Å². The normalized spacial score (nSPS) is 16.1. The van der Waals surface area contributed by atoms with Crippen molar-refractivity contribution in [2.45, 2.75) is 32.3 Å². The molecule has 0 spiro atoms. The van der Waals surface area contributed by atoms with Gasteiger partial charge >= 0.3 is 6.61 Å². The molecule has 10 heteroatoms. The summed E-state index contributed by atoms with van der Waals surface area (Å²) in [6.45, 7) is -2.87. The van der Waals surface area contributed by atoms with Crippen molar-refractivity contribution in [3.8, 4) is 16.9 Å². The molecule has 0 bridgehead atoms. The minimum atomic E-state index is -2.87. The van der Waals surface area contributed by atoms with Crippen LogP contribution >= 0.6 is 11.3 Å². The van der Waals surface area contributed by atoms with Crippen molar-refractivity contribution in [3.05, 3.63) is 59.3 Å². The van der Waals surface area contributed by atoms with Gasteiger partial charge < -0.3 is 9.15 Å². The number of Topliss-reactive ketones (excluding diaryl/α,β-unsaturated/α-hetero) is 1. The summed E-state index contributed by atoms with van der Waals surface area (Å²) in [5.74, 6) is -0.186. The van der Waals surface area contributed by atoms with E-state index >= 15 is 0 Å². The van der Waals surface area contributed by atoms with E-state index in [1.807, 2.05) is 12.1 Å². The van der Waals surface area contributed by atoms with E-state index in [9.17, 15) is 18.4 Å². The molecule has 1 saturated carbocycles. The lowest BCUT2D eigenvalue weighted by atomic mass is 10.0. The molecule has 1 fully saturated rings. The first-order valence-corrected chi connectivity index (χ1v) is 11.1. The molecule has 0 amide bonds. The van der Waals surface area contributed by atoms with Crippen molar-refractivity contribution in [2.75, 3.05) is 0 Å². The van der Waals surface area contributed by atoms with Gasteiger partial charge in [0.25, 0.3) is 11.7 Å². The Bertz CT molecular complexity index is 1330. The molecule has 1 atom stereocenters. The number of benzene rings is 2. The second-order valence-electron chi connectivity index (χ2n) is 7.69. The molecule has 7 nitrogen and oxygen atoms in total. The molecule has 1 aliphatic rings. The Hall–Kier alpha value is -3.53. The van der Waals surface area contributed by atoms with Crippen molar-refractivity contribution in [3.63, 3.8) is 0 Å². The highest BCUT2D eigenvalue weighted by Crippen LogP contribution is 2.31. The van der Waals surface area contributed by atoms with Gasteiger partial charge in [-0.05, 0) is 48.2 Å². The maximum atomic E-state index is 12.8. The highest BCUT2D eigenvalue weighted by atomic mass is 32.1. The summed E-state index contributed by atoms with van der Waals surface area (Å²) >= 11 is 1.20. The second kappa shape index (κ2) is 8.78. The maximum absolute atomic E-state index is 12.8. The number of ketones is 2. The number of hydrogen-bond acceptors (Lipinski definition) is 8. The molecule has 2 aromatic carbocycles. The van der Waals surface area contributed by atoms with Gasteiger partial charge in [-0.15, -0.1) is 21.5 Å². The Morgan fingerprint density at radius 2 is 1.94 bits per heavy atom. The van der Waals surface area contributed by atoms with E-state index in [4.69, 9.17) is 4.42 Å². The molecule has 5 rings (SSSR count). The number of carbonyl (C=O) groups excluding carboxylic acids is 2. The quantitative estimate of drug-likeness (QED) is 0.348. The SMILES string of the molecule is O=C(c1nnc(C[C@H]2CCCC2=O)o1)c1nc2ccc(-c3ccc(OC(F)F)cc3)cc2s1. The van der Waals surface area contributed by atoms with Crippen molar-refractivity contribution in [1.29, 1.82) is 0 Å². The van der Waals surface area contributed by atoms with E-state index in [0.717, 1.165) is 28.7 Å². The number of hydrogen-bond donors (Lipinski definition) is 0. The standard InChI is InChI=1S/C23H17F2N3O4S/c24-23(25)31-15-7-4-12(5-8-15)13-6-9-16-18(10-13)33-22(26-16)20(30)21-28-27-19(32-21)11-14-2-1-3-17(14)29/h4-10,14,23H,1-3,11H2/t14-/m1/s1. The average Bonchev–Trinajstić information content (AvgIpc) is 3.53. The molecular weight excluding hydrogens is 452 g/mol. The monoisotopic (exact) mass is 469 g/mol. The number of alkyl halides is 2. The Morgan fingerprint density at radius 3 is 2.67 bits per heavy atom. The second-order valence-corrected chi connectivity index (χ2v) is 8.72. The summed E-state index contributed by atoms with van der Waals surface area (Å²) in [4.78, 5) is 29.0.